The van der Waals surface area contributed by atoms with Crippen LogP contribution in [0.2, 0.25) is 0 Å². The topological polar surface area (TPSA) is 70.4 Å². The normalized spacial score (nSPS) is 21.6. The third-order valence-corrected chi connectivity index (χ3v) is 8.84. The molecule has 10 heteroatoms. The molecule has 1 aromatic carbocycles. The van der Waals surface area contributed by atoms with Gasteiger partial charge in [-0.05, 0) is 43.0 Å². The number of amides is 1. The zero-order valence-corrected chi connectivity index (χ0v) is 23.5. The molecule has 3 aromatic rings. The number of hydrogen-bond donors (Lipinski definition) is 0. The van der Waals surface area contributed by atoms with Gasteiger partial charge in [0, 0.05) is 45.5 Å². The second kappa shape index (κ2) is 11.2. The zero-order valence-electron chi connectivity index (χ0n) is 21.9. The lowest BCUT2D eigenvalue weighted by Gasteiger charge is -2.36. The van der Waals surface area contributed by atoms with Gasteiger partial charge in [-0.25, -0.2) is 4.98 Å². The van der Waals surface area contributed by atoms with E-state index in [9.17, 15) is 9.59 Å². The van der Waals surface area contributed by atoms with E-state index in [1.165, 1.54) is 17.3 Å². The van der Waals surface area contributed by atoms with Gasteiger partial charge in [0.15, 0.2) is 0 Å². The number of ether oxygens (including phenoxy) is 1. The maximum atomic E-state index is 13.8. The number of rotatable bonds is 6. The first-order valence-corrected chi connectivity index (χ1v) is 14.6. The summed E-state index contributed by atoms with van der Waals surface area (Å²) < 4.78 is 7.81. The Hall–Kier alpha value is -3.05. The Balaban J connectivity index is 1.31. The van der Waals surface area contributed by atoms with Crippen molar-refractivity contribution in [2.45, 2.75) is 32.4 Å². The number of carbonyl (C=O) groups is 1. The first-order chi connectivity index (χ1) is 19.0. The summed E-state index contributed by atoms with van der Waals surface area (Å²) in [6.07, 6.45) is 5.42. The van der Waals surface area contributed by atoms with Crippen LogP contribution in [-0.4, -0.2) is 74.8 Å². The number of fused-ring (bicyclic) bond motifs is 1. The van der Waals surface area contributed by atoms with E-state index in [1.54, 1.807) is 21.6 Å². The Labute approximate surface area is 237 Å². The number of aromatic nitrogens is 2. The quantitative estimate of drug-likeness (QED) is 0.333. The van der Waals surface area contributed by atoms with Gasteiger partial charge in [0.2, 0.25) is 0 Å². The van der Waals surface area contributed by atoms with E-state index in [0.29, 0.717) is 32.8 Å². The minimum atomic E-state index is -0.185. The molecular weight excluding hydrogens is 530 g/mol. The third-order valence-electron chi connectivity index (χ3n) is 7.47. The summed E-state index contributed by atoms with van der Waals surface area (Å²) in [5, 5.41) is 0. The standard InChI is InChI=1S/C29H31N5O3S2/c1-20-9-10-25-30-26(32-13-11-31(12-14-32)18-21-6-3-2-4-7-21)23(27(35)33(25)17-20)16-24-28(36)34(29(38)39-24)19-22-8-5-15-37-22/h2-4,6-7,9-10,16-17,22H,5,8,11-15,18-19H2,1H3/b24-16-. The van der Waals surface area contributed by atoms with Crippen LogP contribution in [0.15, 0.2) is 58.4 Å². The summed E-state index contributed by atoms with van der Waals surface area (Å²) in [5.74, 6) is 0.445. The van der Waals surface area contributed by atoms with Gasteiger partial charge in [0.25, 0.3) is 11.5 Å². The summed E-state index contributed by atoms with van der Waals surface area (Å²) in [6, 6.07) is 14.3. The summed E-state index contributed by atoms with van der Waals surface area (Å²) in [5.41, 5.74) is 3.08. The average Bonchev–Trinajstić information content (AvgIpc) is 3.55. The second-order valence-corrected chi connectivity index (χ2v) is 11.9. The number of aryl methyl sites for hydroxylation is 1. The third kappa shape index (κ3) is 5.51. The van der Waals surface area contributed by atoms with Gasteiger partial charge in [-0.3, -0.25) is 23.8 Å². The predicted molar refractivity (Wildman–Crippen MR) is 159 cm³/mol. The van der Waals surface area contributed by atoms with E-state index in [4.69, 9.17) is 21.9 Å². The van der Waals surface area contributed by atoms with Crippen LogP contribution < -0.4 is 10.5 Å². The fraction of sp³-hybridized carbons (Fsp3) is 0.379. The minimum Gasteiger partial charge on any atom is -0.376 e. The molecule has 1 amide bonds. The number of nitrogens with zero attached hydrogens (tertiary/aromatic N) is 5. The van der Waals surface area contributed by atoms with Crippen molar-refractivity contribution < 1.29 is 9.53 Å². The lowest BCUT2D eigenvalue weighted by atomic mass is 10.1. The maximum Gasteiger partial charge on any atom is 0.267 e. The van der Waals surface area contributed by atoms with E-state index in [2.05, 4.69) is 34.1 Å². The van der Waals surface area contributed by atoms with Crippen molar-refractivity contribution in [1.82, 2.24) is 19.2 Å². The van der Waals surface area contributed by atoms with Crippen LogP contribution >= 0.6 is 24.0 Å². The van der Waals surface area contributed by atoms with E-state index in [-0.39, 0.29) is 17.6 Å². The van der Waals surface area contributed by atoms with Crippen molar-refractivity contribution >= 4 is 51.7 Å². The molecule has 8 nitrogen and oxygen atoms in total. The van der Waals surface area contributed by atoms with Crippen molar-refractivity contribution in [1.29, 1.82) is 0 Å². The zero-order chi connectivity index (χ0) is 26.9. The van der Waals surface area contributed by atoms with Gasteiger partial charge in [-0.15, -0.1) is 0 Å². The molecular formula is C29H31N5O3S2. The van der Waals surface area contributed by atoms with Crippen LogP contribution in [0.5, 0.6) is 0 Å². The highest BCUT2D eigenvalue weighted by molar-refractivity contribution is 8.26. The van der Waals surface area contributed by atoms with Gasteiger partial charge in [0.05, 0.1) is 23.1 Å². The molecule has 3 fully saturated rings. The first kappa shape index (κ1) is 26.2. The maximum absolute atomic E-state index is 13.8. The molecule has 0 radical (unpaired) electrons. The largest absolute Gasteiger partial charge is 0.376 e. The van der Waals surface area contributed by atoms with E-state index in [0.717, 1.165) is 57.7 Å². The molecule has 202 valence electrons. The highest BCUT2D eigenvalue weighted by atomic mass is 32.2. The lowest BCUT2D eigenvalue weighted by molar-refractivity contribution is -0.123. The summed E-state index contributed by atoms with van der Waals surface area (Å²) in [6.45, 7) is 7.19. The number of piperazine rings is 1. The Morgan fingerprint density at radius 1 is 1.10 bits per heavy atom. The molecule has 6 rings (SSSR count). The van der Waals surface area contributed by atoms with Crippen LogP contribution in [0, 0.1) is 6.92 Å². The van der Waals surface area contributed by atoms with Gasteiger partial charge in [-0.1, -0.05) is 60.4 Å². The summed E-state index contributed by atoms with van der Waals surface area (Å²) >= 11 is 6.80. The molecule has 1 unspecified atom stereocenters. The molecule has 1 atom stereocenters. The SMILES string of the molecule is Cc1ccc2nc(N3CCN(Cc4ccccc4)CC3)c(/C=C3\SC(=S)N(CC4CCCO4)C3=O)c(=O)n2c1. The Kier molecular flexibility index (Phi) is 7.53. The van der Waals surface area contributed by atoms with Crippen LogP contribution in [0.1, 0.15) is 29.5 Å². The molecule has 2 aromatic heterocycles. The average molecular weight is 562 g/mol. The molecule has 0 spiro atoms. The van der Waals surface area contributed by atoms with Gasteiger partial charge >= 0.3 is 0 Å². The first-order valence-electron chi connectivity index (χ1n) is 13.4. The number of carbonyl (C=O) groups excluding carboxylic acids is 1. The van der Waals surface area contributed by atoms with Crippen LogP contribution in [0.4, 0.5) is 5.82 Å². The number of pyridine rings is 1. The summed E-state index contributed by atoms with van der Waals surface area (Å²) in [7, 11) is 0. The molecule has 3 aliphatic heterocycles. The van der Waals surface area contributed by atoms with Crippen LogP contribution in [0.25, 0.3) is 11.7 Å². The van der Waals surface area contributed by atoms with Crippen molar-refractivity contribution in [3.05, 3.63) is 80.6 Å². The molecule has 0 saturated carbocycles. The van der Waals surface area contributed by atoms with Gasteiger partial charge in [0.1, 0.15) is 15.8 Å². The van der Waals surface area contributed by atoms with Gasteiger partial charge in [-0.2, -0.15) is 0 Å². The number of thioether (sulfide) groups is 1. The van der Waals surface area contributed by atoms with Gasteiger partial charge < -0.3 is 9.64 Å². The Morgan fingerprint density at radius 2 is 1.90 bits per heavy atom. The molecule has 39 heavy (non-hydrogen) atoms. The Morgan fingerprint density at radius 3 is 2.64 bits per heavy atom. The number of anilines is 1. The molecule has 0 bridgehead atoms. The fourth-order valence-electron chi connectivity index (χ4n) is 5.35. The lowest BCUT2D eigenvalue weighted by Crippen LogP contribution is -2.47. The van der Waals surface area contributed by atoms with E-state index in [1.807, 2.05) is 25.1 Å². The monoisotopic (exact) mass is 561 g/mol. The smallest absolute Gasteiger partial charge is 0.267 e. The molecule has 3 saturated heterocycles. The predicted octanol–water partition coefficient (Wildman–Crippen LogP) is 3.71. The van der Waals surface area contributed by atoms with E-state index < -0.39 is 0 Å². The molecule has 0 N–H and O–H groups in total. The van der Waals surface area contributed by atoms with Crippen molar-refractivity contribution in [3.8, 4) is 0 Å². The number of thiocarbonyl (C=S) groups is 1. The number of hydrogen-bond acceptors (Lipinski definition) is 8. The highest BCUT2D eigenvalue weighted by Crippen LogP contribution is 2.34. The van der Waals surface area contributed by atoms with Crippen molar-refractivity contribution in [2.75, 3.05) is 44.2 Å². The highest BCUT2D eigenvalue weighted by Gasteiger charge is 2.35. The molecule has 3 aliphatic rings. The summed E-state index contributed by atoms with van der Waals surface area (Å²) in [4.78, 5) is 38.8. The minimum absolute atomic E-state index is 0.00512. The van der Waals surface area contributed by atoms with Crippen molar-refractivity contribution in [2.24, 2.45) is 0 Å². The molecule has 5 heterocycles. The fourth-order valence-corrected chi connectivity index (χ4v) is 6.61. The van der Waals surface area contributed by atoms with Crippen molar-refractivity contribution in [3.63, 3.8) is 0 Å². The second-order valence-electron chi connectivity index (χ2n) is 10.3. The van der Waals surface area contributed by atoms with Crippen LogP contribution in [-0.2, 0) is 16.1 Å². The number of benzene rings is 1. The Bertz CT molecular complexity index is 1490. The van der Waals surface area contributed by atoms with Crippen LogP contribution in [0.3, 0.4) is 0 Å². The molecule has 0 aliphatic carbocycles. The van der Waals surface area contributed by atoms with E-state index >= 15 is 0 Å².